The largest absolute Gasteiger partial charge is 0.449 e. The van der Waals surface area contributed by atoms with Crippen molar-refractivity contribution in [3.05, 3.63) is 58.9 Å². The van der Waals surface area contributed by atoms with Crippen LogP contribution in [0.4, 0.5) is 13.2 Å². The molecule has 0 aliphatic heterocycles. The molecule has 0 radical (unpaired) electrons. The molecule has 12 heteroatoms. The number of rotatable bonds is 9. The van der Waals surface area contributed by atoms with Crippen LogP contribution in [0, 0.1) is 17.5 Å². The first-order valence-corrected chi connectivity index (χ1v) is 9.44. The maximum Gasteiger partial charge on any atom is 0.307 e. The van der Waals surface area contributed by atoms with E-state index in [1.54, 1.807) is 0 Å². The summed E-state index contributed by atoms with van der Waals surface area (Å²) in [5.74, 6) is -4.22. The first kappa shape index (κ1) is 24.4. The van der Waals surface area contributed by atoms with Crippen LogP contribution in [0.5, 0.6) is 0 Å². The summed E-state index contributed by atoms with van der Waals surface area (Å²) in [5.41, 5.74) is 5.80. The molecule has 0 aromatic heterocycles. The summed E-state index contributed by atoms with van der Waals surface area (Å²) in [4.78, 5) is 25.9. The highest BCUT2D eigenvalue weighted by Crippen LogP contribution is 2.14. The zero-order valence-corrected chi connectivity index (χ0v) is 16.9. The van der Waals surface area contributed by atoms with Gasteiger partial charge in [-0.25, -0.2) is 13.2 Å². The van der Waals surface area contributed by atoms with Crippen molar-refractivity contribution in [1.82, 2.24) is 10.2 Å². The van der Waals surface area contributed by atoms with Crippen molar-refractivity contribution in [3.8, 4) is 0 Å². The number of hydrogen-bond donors (Lipinski definition) is 4. The molecule has 2 rings (SSSR count). The Labute approximate surface area is 178 Å². The molecule has 2 amide bonds. The van der Waals surface area contributed by atoms with Gasteiger partial charge in [0.15, 0.2) is 11.6 Å². The first-order chi connectivity index (χ1) is 14.7. The van der Waals surface area contributed by atoms with Gasteiger partial charge in [-0.15, -0.1) is 0 Å². The molecule has 0 bridgehead atoms. The summed E-state index contributed by atoms with van der Waals surface area (Å²) in [5, 5.41) is 20.9. The van der Waals surface area contributed by atoms with E-state index in [0.29, 0.717) is 0 Å². The van der Waals surface area contributed by atoms with Crippen molar-refractivity contribution in [2.24, 2.45) is 5.73 Å². The number of amides is 2. The van der Waals surface area contributed by atoms with Crippen LogP contribution in [0.15, 0.2) is 30.3 Å². The van der Waals surface area contributed by atoms with E-state index in [9.17, 15) is 32.8 Å². The van der Waals surface area contributed by atoms with E-state index in [4.69, 9.17) is 5.73 Å². The molecule has 0 spiro atoms. The fraction of sp³-hybridized carbons (Fsp3) is 0.263. The van der Waals surface area contributed by atoms with Gasteiger partial charge in [0.2, 0.25) is 5.91 Å². The Morgan fingerprint density at radius 2 is 1.84 bits per heavy atom. The highest BCUT2D eigenvalue weighted by atomic mass is 19.2. The summed E-state index contributed by atoms with van der Waals surface area (Å²) < 4.78 is 41.4. The molecule has 31 heavy (non-hydrogen) atoms. The van der Waals surface area contributed by atoms with Crippen molar-refractivity contribution in [1.29, 1.82) is 0 Å². The second-order valence-corrected chi connectivity index (χ2v) is 6.95. The van der Waals surface area contributed by atoms with Gasteiger partial charge in [-0.3, -0.25) is 9.59 Å². The minimum Gasteiger partial charge on any atom is -0.449 e. The van der Waals surface area contributed by atoms with Gasteiger partial charge >= 0.3 is 15.0 Å². The van der Waals surface area contributed by atoms with E-state index in [1.165, 1.54) is 24.1 Å². The van der Waals surface area contributed by atoms with Crippen LogP contribution in [0.25, 0.3) is 0 Å². The van der Waals surface area contributed by atoms with Crippen molar-refractivity contribution in [3.63, 3.8) is 0 Å². The van der Waals surface area contributed by atoms with Crippen LogP contribution in [-0.4, -0.2) is 61.4 Å². The summed E-state index contributed by atoms with van der Waals surface area (Å²) in [6.45, 7) is -0.264. The summed E-state index contributed by atoms with van der Waals surface area (Å²) >= 11 is 0. The van der Waals surface area contributed by atoms with E-state index >= 15 is 0 Å². The lowest BCUT2D eigenvalue weighted by atomic mass is 9.86. The van der Waals surface area contributed by atoms with E-state index in [0.717, 1.165) is 18.2 Å². The molecule has 5 N–H and O–H groups in total. The van der Waals surface area contributed by atoms with Crippen LogP contribution >= 0.6 is 0 Å². The smallest absolute Gasteiger partial charge is 0.307 e. The number of carbonyl (C=O) groups is 2. The molecule has 0 fully saturated rings. The number of halogens is 3. The third-order valence-electron chi connectivity index (χ3n) is 4.67. The van der Waals surface area contributed by atoms with Crippen molar-refractivity contribution in [2.75, 3.05) is 13.6 Å². The average Bonchev–Trinajstić information content (AvgIpc) is 2.76. The van der Waals surface area contributed by atoms with Crippen LogP contribution < -0.4 is 22.0 Å². The van der Waals surface area contributed by atoms with Crippen LogP contribution in [0.3, 0.4) is 0 Å². The second kappa shape index (κ2) is 11.0. The maximum absolute atomic E-state index is 13.9. The molecule has 0 saturated heterocycles. The van der Waals surface area contributed by atoms with Crippen molar-refractivity contribution >= 4 is 37.7 Å². The fourth-order valence-electron chi connectivity index (χ4n) is 3.05. The topological polar surface area (TPSA) is 116 Å². The Morgan fingerprint density at radius 1 is 1.13 bits per heavy atom. The number of likely N-dealkylation sites (N-methyl/N-ethyl adjacent to an activating group) is 1. The zero-order valence-electron chi connectivity index (χ0n) is 16.9. The Morgan fingerprint density at radius 3 is 2.45 bits per heavy atom. The SMILES string of the molecule is CNC(=O)[C@@H](N)CCN(Cc1cc(F)c(F)c(BO)c1)C(=O)c1cc(F)cc(BO)c1. The van der Waals surface area contributed by atoms with Gasteiger partial charge in [0.05, 0.1) is 6.04 Å². The van der Waals surface area contributed by atoms with Crippen molar-refractivity contribution < 1.29 is 32.8 Å². The monoisotopic (exact) mass is 435 g/mol. The highest BCUT2D eigenvalue weighted by Gasteiger charge is 2.22. The van der Waals surface area contributed by atoms with Crippen LogP contribution in [-0.2, 0) is 11.3 Å². The first-order valence-electron chi connectivity index (χ1n) is 9.44. The number of nitrogens with zero attached hydrogens (tertiary/aromatic N) is 1. The predicted octanol–water partition coefficient (Wildman–Crippen LogP) is -1.85. The molecule has 1 atom stereocenters. The minimum absolute atomic E-state index is 0.0458. The Kier molecular flexibility index (Phi) is 8.66. The number of hydrogen-bond acceptors (Lipinski definition) is 5. The average molecular weight is 435 g/mol. The van der Waals surface area contributed by atoms with E-state index < -0.39 is 50.3 Å². The maximum atomic E-state index is 13.9. The third kappa shape index (κ3) is 6.33. The van der Waals surface area contributed by atoms with Crippen LogP contribution in [0.1, 0.15) is 22.3 Å². The Balaban J connectivity index is 2.36. The van der Waals surface area contributed by atoms with Crippen LogP contribution in [0.2, 0.25) is 0 Å². The molecule has 0 saturated carbocycles. The molecule has 164 valence electrons. The summed E-state index contributed by atoms with van der Waals surface area (Å²) in [6.07, 6.45) is 0.0458. The highest BCUT2D eigenvalue weighted by molar-refractivity contribution is 6.46. The second-order valence-electron chi connectivity index (χ2n) is 6.95. The lowest BCUT2D eigenvalue weighted by Gasteiger charge is -2.25. The van der Waals surface area contributed by atoms with Gasteiger partial charge in [-0.1, -0.05) is 12.1 Å². The summed E-state index contributed by atoms with van der Waals surface area (Å²) in [6, 6.07) is 4.53. The number of benzene rings is 2. The number of nitrogens with two attached hydrogens (primary N) is 1. The minimum atomic E-state index is -1.19. The molecule has 0 aliphatic carbocycles. The lowest BCUT2D eigenvalue weighted by Crippen LogP contribution is -2.42. The van der Waals surface area contributed by atoms with E-state index in [1.807, 2.05) is 0 Å². The van der Waals surface area contributed by atoms with Gasteiger partial charge < -0.3 is 26.0 Å². The predicted molar refractivity (Wildman–Crippen MR) is 112 cm³/mol. The molecular weight excluding hydrogens is 413 g/mol. The molecule has 0 aliphatic rings. The number of nitrogens with one attached hydrogen (secondary N) is 1. The standard InChI is InChI=1S/C19H22B2F3N3O4/c1-26-18(28)16(25)2-3-27(9-10-4-14(21-31)17(24)15(23)5-10)19(29)11-6-12(20-30)8-13(22)7-11/h4-8,16,20-21,30-31H,2-3,9,25H2,1H3,(H,26,28)/t16-/m0/s1. The Hall–Kier alpha value is -2.82. The normalized spacial score (nSPS) is 11.6. The fourth-order valence-corrected chi connectivity index (χ4v) is 3.05. The number of carbonyl (C=O) groups excluding carboxylic acids is 2. The molecular formula is C19H22B2F3N3O4. The van der Waals surface area contributed by atoms with Gasteiger partial charge in [0, 0.05) is 25.7 Å². The quantitative estimate of drug-likeness (QED) is 0.346. The Bertz CT molecular complexity index is 965. The van der Waals surface area contributed by atoms with Gasteiger partial charge in [0.1, 0.15) is 5.82 Å². The third-order valence-corrected chi connectivity index (χ3v) is 4.67. The van der Waals surface area contributed by atoms with Gasteiger partial charge in [-0.2, -0.15) is 0 Å². The lowest BCUT2D eigenvalue weighted by molar-refractivity contribution is -0.122. The molecule has 0 unspecified atom stereocenters. The molecule has 0 heterocycles. The van der Waals surface area contributed by atoms with Gasteiger partial charge in [0.25, 0.3) is 5.91 Å². The van der Waals surface area contributed by atoms with E-state index in [2.05, 4.69) is 5.32 Å². The molecule has 2 aromatic carbocycles. The van der Waals surface area contributed by atoms with E-state index in [-0.39, 0.29) is 41.6 Å². The molecule has 7 nitrogen and oxygen atoms in total. The zero-order chi connectivity index (χ0) is 23.1. The summed E-state index contributed by atoms with van der Waals surface area (Å²) in [7, 11) is 0.185. The van der Waals surface area contributed by atoms with Gasteiger partial charge in [-0.05, 0) is 41.1 Å². The molecule has 2 aromatic rings. The van der Waals surface area contributed by atoms with Crippen molar-refractivity contribution in [2.45, 2.75) is 19.0 Å².